The van der Waals surface area contributed by atoms with Gasteiger partial charge in [-0.3, -0.25) is 24.0 Å². The maximum atomic E-state index is 13.3. The molecular weight excluding hydrogens is 390 g/mol. The maximum absolute atomic E-state index is 13.3. The van der Waals surface area contributed by atoms with Crippen LogP contribution in [-0.2, 0) is 25.7 Å². The average molecular weight is 416 g/mol. The van der Waals surface area contributed by atoms with Gasteiger partial charge in [-0.25, -0.2) is 4.57 Å². The lowest BCUT2D eigenvalue weighted by Gasteiger charge is -2.27. The van der Waals surface area contributed by atoms with E-state index in [-0.39, 0.29) is 36.1 Å². The molecule has 1 aromatic heterocycles. The molecule has 160 valence electrons. The van der Waals surface area contributed by atoms with E-state index < -0.39 is 29.9 Å². The van der Waals surface area contributed by atoms with Crippen molar-refractivity contribution in [3.8, 4) is 0 Å². The van der Waals surface area contributed by atoms with E-state index in [9.17, 15) is 24.0 Å². The lowest BCUT2D eigenvalue weighted by molar-refractivity contribution is -0.697. The molecule has 2 aliphatic rings. The molecule has 0 aromatic carbocycles. The second-order valence-electron chi connectivity index (χ2n) is 7.67. The normalized spacial score (nSPS) is 21.8. The van der Waals surface area contributed by atoms with Gasteiger partial charge in [0.25, 0.3) is 11.8 Å². The van der Waals surface area contributed by atoms with Gasteiger partial charge in [0.1, 0.15) is 11.6 Å². The van der Waals surface area contributed by atoms with Gasteiger partial charge in [-0.15, -0.1) is 0 Å². The number of pyridine rings is 1. The highest BCUT2D eigenvalue weighted by Gasteiger charge is 2.39. The van der Waals surface area contributed by atoms with Crippen LogP contribution in [-0.4, -0.2) is 59.0 Å². The molecule has 1 aromatic rings. The summed E-state index contributed by atoms with van der Waals surface area (Å²) in [5.41, 5.74) is 5.59. The van der Waals surface area contributed by atoms with Crippen LogP contribution in [0.15, 0.2) is 24.5 Å². The molecule has 10 heteroatoms. The van der Waals surface area contributed by atoms with Crippen molar-refractivity contribution in [1.82, 2.24) is 15.5 Å². The zero-order valence-corrected chi connectivity index (χ0v) is 16.8. The fraction of sp³-hybridized carbons (Fsp3) is 0.500. The number of nitrogens with zero attached hydrogens (tertiary/aromatic N) is 2. The van der Waals surface area contributed by atoms with Crippen molar-refractivity contribution in [2.24, 2.45) is 5.73 Å². The number of Topliss-reactive ketones (excluding diaryl/α,β-unsaturated/α-hetero) is 1. The number of nitrogens with two attached hydrogens (primary N) is 1. The number of nitrogens with one attached hydrogen (secondary N) is 2. The summed E-state index contributed by atoms with van der Waals surface area (Å²) in [6.07, 6.45) is 5.06. The smallest absolute Gasteiger partial charge is 0.254 e. The van der Waals surface area contributed by atoms with Crippen molar-refractivity contribution in [3.63, 3.8) is 0 Å². The highest BCUT2D eigenvalue weighted by molar-refractivity contribution is 5.95. The molecule has 4 N–H and O–H groups in total. The Kier molecular flexibility index (Phi) is 6.43. The van der Waals surface area contributed by atoms with Gasteiger partial charge in [0, 0.05) is 19.0 Å². The minimum Gasteiger partial charge on any atom is -0.365 e. The topological polar surface area (TPSA) is 143 Å². The summed E-state index contributed by atoms with van der Waals surface area (Å²) in [6.45, 7) is 1.93. The minimum atomic E-state index is -0.969. The van der Waals surface area contributed by atoms with Gasteiger partial charge in [0.15, 0.2) is 30.8 Å². The standard InChI is InChI=1S/C20H25N5O5/c1-12(26)16-5-3-9-25(16)20(30)15(23-19(29)14-6-7-17(27)22-14)11-24-8-2-4-13(10-24)18(21)28/h2,4,8,10,14-16H,3,5-7,9,11H2,1H3,(H3-,21,22,23,27,28,29)/p+1. The summed E-state index contributed by atoms with van der Waals surface area (Å²) in [5, 5.41) is 5.30. The fourth-order valence-electron chi connectivity index (χ4n) is 3.91. The van der Waals surface area contributed by atoms with Crippen LogP contribution in [0.5, 0.6) is 0 Å². The van der Waals surface area contributed by atoms with Crippen molar-refractivity contribution in [2.75, 3.05) is 6.54 Å². The van der Waals surface area contributed by atoms with Gasteiger partial charge in [0.2, 0.25) is 11.8 Å². The number of carbonyl (C=O) groups is 5. The molecule has 2 aliphatic heterocycles. The minimum absolute atomic E-state index is 0.0491. The van der Waals surface area contributed by atoms with Crippen LogP contribution in [0.3, 0.4) is 0 Å². The van der Waals surface area contributed by atoms with Crippen LogP contribution in [0.25, 0.3) is 0 Å². The highest BCUT2D eigenvalue weighted by Crippen LogP contribution is 2.19. The van der Waals surface area contributed by atoms with Gasteiger partial charge < -0.3 is 21.3 Å². The lowest BCUT2D eigenvalue weighted by Crippen LogP contribution is -2.59. The molecular formula is C20H26N5O5+. The Morgan fingerprint density at radius 3 is 2.73 bits per heavy atom. The van der Waals surface area contributed by atoms with Crippen molar-refractivity contribution in [1.29, 1.82) is 0 Å². The van der Waals surface area contributed by atoms with E-state index in [2.05, 4.69) is 10.6 Å². The van der Waals surface area contributed by atoms with E-state index >= 15 is 0 Å². The second-order valence-corrected chi connectivity index (χ2v) is 7.67. The summed E-state index contributed by atoms with van der Waals surface area (Å²) < 4.78 is 1.59. The van der Waals surface area contributed by atoms with Gasteiger partial charge in [0.05, 0.1) is 6.04 Å². The van der Waals surface area contributed by atoms with E-state index in [1.807, 2.05) is 0 Å². The first-order valence-electron chi connectivity index (χ1n) is 9.96. The average Bonchev–Trinajstić information content (AvgIpc) is 3.36. The fourth-order valence-corrected chi connectivity index (χ4v) is 3.91. The molecule has 2 fully saturated rings. The third kappa shape index (κ3) is 4.81. The number of hydrogen-bond donors (Lipinski definition) is 3. The molecule has 0 spiro atoms. The van der Waals surface area contributed by atoms with Crippen LogP contribution in [0.1, 0.15) is 43.0 Å². The molecule has 10 nitrogen and oxygen atoms in total. The summed E-state index contributed by atoms with van der Waals surface area (Å²) >= 11 is 0. The van der Waals surface area contributed by atoms with E-state index in [1.54, 1.807) is 22.9 Å². The van der Waals surface area contributed by atoms with Gasteiger partial charge in [-0.1, -0.05) is 0 Å². The number of ketones is 1. The van der Waals surface area contributed by atoms with E-state index in [0.29, 0.717) is 25.8 Å². The van der Waals surface area contributed by atoms with Gasteiger partial charge in [-0.05, 0) is 32.3 Å². The zero-order chi connectivity index (χ0) is 21.8. The van der Waals surface area contributed by atoms with E-state index in [1.165, 1.54) is 18.0 Å². The Bertz CT molecular complexity index is 886. The molecule has 3 heterocycles. The van der Waals surface area contributed by atoms with Crippen LogP contribution in [0.4, 0.5) is 0 Å². The second kappa shape index (κ2) is 9.02. The number of primary amides is 1. The van der Waals surface area contributed by atoms with Crippen molar-refractivity contribution < 1.29 is 28.5 Å². The molecule has 2 saturated heterocycles. The molecule has 0 saturated carbocycles. The van der Waals surface area contributed by atoms with Crippen molar-refractivity contribution >= 4 is 29.4 Å². The number of rotatable bonds is 7. The Morgan fingerprint density at radius 2 is 2.10 bits per heavy atom. The maximum Gasteiger partial charge on any atom is 0.254 e. The van der Waals surface area contributed by atoms with Gasteiger partial charge in [-0.2, -0.15) is 0 Å². The predicted octanol–water partition coefficient (Wildman–Crippen LogP) is -1.58. The number of aromatic nitrogens is 1. The Labute approximate surface area is 173 Å². The van der Waals surface area contributed by atoms with E-state index in [4.69, 9.17) is 5.73 Å². The largest absolute Gasteiger partial charge is 0.365 e. The zero-order valence-electron chi connectivity index (χ0n) is 16.8. The Morgan fingerprint density at radius 1 is 1.33 bits per heavy atom. The molecule has 0 aliphatic carbocycles. The predicted molar refractivity (Wildman–Crippen MR) is 104 cm³/mol. The monoisotopic (exact) mass is 416 g/mol. The first-order valence-corrected chi connectivity index (χ1v) is 9.96. The number of hydrogen-bond acceptors (Lipinski definition) is 5. The number of amides is 4. The number of carbonyl (C=O) groups excluding carboxylic acids is 5. The van der Waals surface area contributed by atoms with Crippen LogP contribution in [0, 0.1) is 0 Å². The quantitative estimate of drug-likeness (QED) is 0.460. The Hall–Kier alpha value is -3.30. The summed E-state index contributed by atoms with van der Waals surface area (Å²) in [5.74, 6) is -1.75. The molecule has 3 unspecified atom stereocenters. The number of likely N-dealkylation sites (tertiary alicyclic amines) is 1. The third-order valence-electron chi connectivity index (χ3n) is 5.47. The molecule has 4 amide bonds. The SMILES string of the molecule is CC(=O)C1CCCN1C(=O)C(C[n+]1cccc(C(N)=O)c1)NC(=O)C1CCC(=O)N1. The van der Waals surface area contributed by atoms with Crippen LogP contribution >= 0.6 is 0 Å². The first kappa shape index (κ1) is 21.4. The molecule has 3 rings (SSSR count). The van der Waals surface area contributed by atoms with Crippen LogP contribution in [0.2, 0.25) is 0 Å². The third-order valence-corrected chi connectivity index (χ3v) is 5.47. The summed E-state index contributed by atoms with van der Waals surface area (Å²) in [6, 6.07) is 0.994. The Balaban J connectivity index is 1.82. The van der Waals surface area contributed by atoms with Crippen LogP contribution < -0.4 is 20.9 Å². The first-order chi connectivity index (χ1) is 14.3. The molecule has 0 radical (unpaired) electrons. The van der Waals surface area contributed by atoms with E-state index in [0.717, 1.165) is 0 Å². The van der Waals surface area contributed by atoms with Crippen molar-refractivity contribution in [3.05, 3.63) is 30.1 Å². The van der Waals surface area contributed by atoms with Crippen molar-refractivity contribution in [2.45, 2.75) is 57.3 Å². The summed E-state index contributed by atoms with van der Waals surface area (Å²) in [4.78, 5) is 62.3. The summed E-state index contributed by atoms with van der Waals surface area (Å²) in [7, 11) is 0. The molecule has 3 atom stereocenters. The molecule has 30 heavy (non-hydrogen) atoms. The lowest BCUT2D eigenvalue weighted by atomic mass is 10.1. The molecule has 0 bridgehead atoms. The van der Waals surface area contributed by atoms with Gasteiger partial charge >= 0.3 is 0 Å². The highest BCUT2D eigenvalue weighted by atomic mass is 16.2.